The van der Waals surface area contributed by atoms with Crippen molar-refractivity contribution in [3.63, 3.8) is 0 Å². The molecule has 0 saturated heterocycles. The van der Waals surface area contributed by atoms with Crippen molar-refractivity contribution in [2.24, 2.45) is 0 Å². The monoisotopic (exact) mass is 455 g/mol. The zero-order valence-corrected chi connectivity index (χ0v) is 18.8. The highest BCUT2D eigenvalue weighted by molar-refractivity contribution is 7.71. The molecule has 1 heterocycles. The van der Waals surface area contributed by atoms with Crippen molar-refractivity contribution in [3.8, 4) is 0 Å². The Morgan fingerprint density at radius 3 is 2.62 bits per heavy atom. The average Bonchev–Trinajstić information content (AvgIpc) is 3.25. The van der Waals surface area contributed by atoms with Crippen LogP contribution in [0, 0.1) is 10.6 Å². The quantitative estimate of drug-likeness (QED) is 0.408. The summed E-state index contributed by atoms with van der Waals surface area (Å²) in [4.78, 5) is 29.1. The first-order valence-corrected chi connectivity index (χ1v) is 11.2. The maximum Gasteiger partial charge on any atom is 0.262 e. The number of hydrogen-bond acceptors (Lipinski definition) is 4. The molecule has 0 radical (unpaired) electrons. The number of nitrogens with one attached hydrogen (secondary N) is 2. The van der Waals surface area contributed by atoms with Gasteiger partial charge in [0.25, 0.3) is 11.5 Å². The highest BCUT2D eigenvalue weighted by Crippen LogP contribution is 2.39. The molecule has 1 fully saturated rings. The zero-order valence-electron chi connectivity index (χ0n) is 17.9. The fraction of sp³-hybridized carbons (Fsp3) is 0.375. The van der Waals surface area contributed by atoms with E-state index in [0.717, 1.165) is 31.2 Å². The van der Waals surface area contributed by atoms with Crippen molar-refractivity contribution in [3.05, 3.63) is 74.5 Å². The van der Waals surface area contributed by atoms with Gasteiger partial charge in [-0.25, -0.2) is 4.39 Å². The number of hydrogen-bond donors (Lipinski definition) is 2. The van der Waals surface area contributed by atoms with Crippen molar-refractivity contribution in [1.29, 1.82) is 0 Å². The number of ether oxygens (including phenoxy) is 1. The molecule has 168 valence electrons. The molecule has 0 atom stereocenters. The molecule has 2 N–H and O–H groups in total. The summed E-state index contributed by atoms with van der Waals surface area (Å²) in [5, 5.41) is 3.66. The average molecular weight is 456 g/mol. The number of halogens is 1. The minimum Gasteiger partial charge on any atom is -0.385 e. The van der Waals surface area contributed by atoms with E-state index in [4.69, 9.17) is 17.0 Å². The van der Waals surface area contributed by atoms with Gasteiger partial charge in [-0.2, -0.15) is 0 Å². The summed E-state index contributed by atoms with van der Waals surface area (Å²) in [6.07, 6.45) is 4.25. The molecule has 4 rings (SSSR count). The summed E-state index contributed by atoms with van der Waals surface area (Å²) in [6.45, 7) is 0.995. The number of aromatic nitrogens is 2. The molecule has 6 nitrogen and oxygen atoms in total. The maximum absolute atomic E-state index is 13.4. The number of rotatable bonds is 7. The number of carbonyl (C=O) groups excluding carboxylic acids is 1. The summed E-state index contributed by atoms with van der Waals surface area (Å²) in [6, 6.07) is 11.3. The molecule has 1 aliphatic rings. The van der Waals surface area contributed by atoms with Crippen LogP contribution in [0.2, 0.25) is 0 Å². The lowest BCUT2D eigenvalue weighted by atomic mass is 9.87. The van der Waals surface area contributed by atoms with E-state index in [1.807, 2.05) is 0 Å². The van der Waals surface area contributed by atoms with Gasteiger partial charge in [-0.05, 0) is 67.4 Å². The molecule has 1 amide bonds. The number of methoxy groups -OCH3 is 1. The second kappa shape index (κ2) is 9.34. The Hall–Kier alpha value is -2.84. The van der Waals surface area contributed by atoms with Gasteiger partial charge >= 0.3 is 0 Å². The van der Waals surface area contributed by atoms with Crippen LogP contribution in [0.25, 0.3) is 10.9 Å². The Morgan fingerprint density at radius 1 is 1.22 bits per heavy atom. The number of H-pyrrole nitrogens is 1. The molecule has 1 aliphatic carbocycles. The highest BCUT2D eigenvalue weighted by atomic mass is 32.1. The fourth-order valence-corrected chi connectivity index (χ4v) is 4.77. The molecule has 0 aliphatic heterocycles. The molecule has 0 bridgehead atoms. The third-order valence-corrected chi connectivity index (χ3v) is 6.50. The van der Waals surface area contributed by atoms with Gasteiger partial charge in [0.1, 0.15) is 5.82 Å². The van der Waals surface area contributed by atoms with E-state index in [1.165, 1.54) is 16.7 Å². The molecule has 3 aromatic rings. The lowest BCUT2D eigenvalue weighted by Gasteiger charge is -2.31. The van der Waals surface area contributed by atoms with Crippen molar-refractivity contribution < 1.29 is 13.9 Å². The van der Waals surface area contributed by atoms with E-state index in [9.17, 15) is 14.0 Å². The van der Waals surface area contributed by atoms with Gasteiger partial charge in [-0.3, -0.25) is 14.2 Å². The van der Waals surface area contributed by atoms with Gasteiger partial charge in [0.15, 0.2) is 4.77 Å². The number of benzene rings is 2. The molecule has 0 spiro atoms. The lowest BCUT2D eigenvalue weighted by Crippen LogP contribution is -2.43. The standard InChI is InChI=1S/C24H26FN3O3S/c1-31-14-4-13-28-22(30)19-10-5-16(15-20(19)26-23(28)32)21(29)27-24(11-2-3-12-24)17-6-8-18(25)9-7-17/h5-10,15H,2-4,11-14H2,1H3,(H,26,32)(H,27,29). The van der Waals surface area contributed by atoms with Gasteiger partial charge in [-0.1, -0.05) is 25.0 Å². The lowest BCUT2D eigenvalue weighted by molar-refractivity contribution is 0.0898. The molecule has 32 heavy (non-hydrogen) atoms. The molecular weight excluding hydrogens is 429 g/mol. The van der Waals surface area contributed by atoms with E-state index < -0.39 is 5.54 Å². The number of fused-ring (bicyclic) bond motifs is 1. The maximum atomic E-state index is 13.4. The fourth-order valence-electron chi connectivity index (χ4n) is 4.49. The van der Waals surface area contributed by atoms with E-state index in [1.54, 1.807) is 37.4 Å². The van der Waals surface area contributed by atoms with Crippen LogP contribution in [0.3, 0.4) is 0 Å². The van der Waals surface area contributed by atoms with Crippen LogP contribution < -0.4 is 10.9 Å². The van der Waals surface area contributed by atoms with Crippen LogP contribution in [0.1, 0.15) is 48.0 Å². The van der Waals surface area contributed by atoms with Crippen LogP contribution >= 0.6 is 12.2 Å². The zero-order chi connectivity index (χ0) is 22.7. The molecule has 0 unspecified atom stereocenters. The smallest absolute Gasteiger partial charge is 0.262 e. The Morgan fingerprint density at radius 2 is 1.94 bits per heavy atom. The van der Waals surface area contributed by atoms with Crippen molar-refractivity contribution in [2.75, 3.05) is 13.7 Å². The SMILES string of the molecule is COCCCn1c(=S)[nH]c2cc(C(=O)NC3(c4ccc(F)cc4)CCCC3)ccc2c1=O. The second-order valence-corrected chi connectivity index (χ2v) is 8.63. The first kappa shape index (κ1) is 22.4. The largest absolute Gasteiger partial charge is 0.385 e. The summed E-state index contributed by atoms with van der Waals surface area (Å²) >= 11 is 5.37. The first-order valence-electron chi connectivity index (χ1n) is 10.8. The highest BCUT2D eigenvalue weighted by Gasteiger charge is 2.37. The van der Waals surface area contributed by atoms with Gasteiger partial charge in [0.2, 0.25) is 0 Å². The van der Waals surface area contributed by atoms with Crippen LogP contribution in [0.15, 0.2) is 47.3 Å². The number of carbonyl (C=O) groups is 1. The van der Waals surface area contributed by atoms with E-state index >= 15 is 0 Å². The van der Waals surface area contributed by atoms with E-state index in [2.05, 4.69) is 10.3 Å². The topological polar surface area (TPSA) is 76.1 Å². The predicted molar refractivity (Wildman–Crippen MR) is 124 cm³/mol. The van der Waals surface area contributed by atoms with Crippen LogP contribution in [0.5, 0.6) is 0 Å². The second-order valence-electron chi connectivity index (χ2n) is 8.24. The van der Waals surface area contributed by atoms with Crippen molar-refractivity contribution >= 4 is 29.0 Å². The van der Waals surface area contributed by atoms with Crippen LogP contribution in [-0.4, -0.2) is 29.2 Å². The minimum atomic E-state index is -0.516. The third-order valence-electron chi connectivity index (χ3n) is 6.18. The molecule has 1 aromatic heterocycles. The summed E-state index contributed by atoms with van der Waals surface area (Å²) in [5.41, 5.74) is 1.16. The van der Waals surface area contributed by atoms with Gasteiger partial charge in [0.05, 0.1) is 16.4 Å². The van der Waals surface area contributed by atoms with Gasteiger partial charge < -0.3 is 15.0 Å². The van der Waals surface area contributed by atoms with Gasteiger partial charge in [-0.15, -0.1) is 0 Å². The van der Waals surface area contributed by atoms with Crippen LogP contribution in [0.4, 0.5) is 4.39 Å². The Bertz CT molecular complexity index is 1240. The van der Waals surface area contributed by atoms with Gasteiger partial charge in [0, 0.05) is 25.8 Å². The normalized spacial score (nSPS) is 15.2. The van der Waals surface area contributed by atoms with Crippen LogP contribution in [-0.2, 0) is 16.8 Å². The molecule has 2 aromatic carbocycles. The molecule has 1 saturated carbocycles. The van der Waals surface area contributed by atoms with E-state index in [-0.39, 0.29) is 17.3 Å². The Kier molecular flexibility index (Phi) is 6.53. The molecule has 8 heteroatoms. The number of nitrogens with zero attached hydrogens (tertiary/aromatic N) is 1. The summed E-state index contributed by atoms with van der Waals surface area (Å²) < 4.78 is 20.3. The van der Waals surface area contributed by atoms with E-state index in [0.29, 0.717) is 40.8 Å². The summed E-state index contributed by atoms with van der Waals surface area (Å²) in [7, 11) is 1.61. The summed E-state index contributed by atoms with van der Waals surface area (Å²) in [5.74, 6) is -0.535. The van der Waals surface area contributed by atoms with Crippen molar-refractivity contribution in [2.45, 2.75) is 44.2 Å². The Balaban J connectivity index is 1.63. The molecular formula is C24H26FN3O3S. The minimum absolute atomic E-state index is 0.189. The number of aromatic amines is 1. The number of amides is 1. The first-order chi connectivity index (χ1) is 15.4. The predicted octanol–water partition coefficient (Wildman–Crippen LogP) is 4.43. The third kappa shape index (κ3) is 4.38. The Labute approximate surface area is 190 Å². The van der Waals surface area contributed by atoms with Crippen molar-refractivity contribution in [1.82, 2.24) is 14.9 Å².